The second kappa shape index (κ2) is 6.49. The van der Waals surface area contributed by atoms with Gasteiger partial charge in [-0.25, -0.2) is 9.48 Å². The number of amides is 1. The van der Waals surface area contributed by atoms with Crippen molar-refractivity contribution in [1.29, 1.82) is 0 Å². The highest BCUT2D eigenvalue weighted by molar-refractivity contribution is 5.86. The summed E-state index contributed by atoms with van der Waals surface area (Å²) in [4.78, 5) is 22.1. The maximum atomic E-state index is 11.1. The van der Waals surface area contributed by atoms with Crippen molar-refractivity contribution < 1.29 is 14.7 Å². The third-order valence-electron chi connectivity index (χ3n) is 3.86. The number of rotatable bonds is 6. The van der Waals surface area contributed by atoms with E-state index in [1.54, 1.807) is 0 Å². The Labute approximate surface area is 117 Å². The summed E-state index contributed by atoms with van der Waals surface area (Å²) in [6.07, 6.45) is 7.65. The van der Waals surface area contributed by atoms with Crippen LogP contribution in [0.3, 0.4) is 0 Å². The minimum absolute atomic E-state index is 0.0675. The van der Waals surface area contributed by atoms with E-state index in [4.69, 9.17) is 10.8 Å². The number of carbonyl (C=O) groups excluding carboxylic acids is 1. The Morgan fingerprint density at radius 3 is 2.60 bits per heavy atom. The molecule has 0 radical (unpaired) electrons. The zero-order chi connectivity index (χ0) is 14.5. The molecule has 0 saturated heterocycles. The molecule has 20 heavy (non-hydrogen) atoms. The SMILES string of the molecule is NC(=O)Cn1nnc(C(=O)O)c1CCC1CCCCC1. The van der Waals surface area contributed by atoms with Crippen LogP contribution < -0.4 is 5.73 Å². The molecule has 7 heteroatoms. The Morgan fingerprint density at radius 2 is 2.00 bits per heavy atom. The second-order valence-electron chi connectivity index (χ2n) is 5.36. The van der Waals surface area contributed by atoms with Crippen molar-refractivity contribution in [3.8, 4) is 0 Å². The van der Waals surface area contributed by atoms with Gasteiger partial charge in [0.25, 0.3) is 0 Å². The predicted octanol–water partition coefficient (Wildman–Crippen LogP) is 0.974. The number of hydrogen-bond acceptors (Lipinski definition) is 4. The molecular formula is C13H20N4O3. The van der Waals surface area contributed by atoms with Gasteiger partial charge in [-0.05, 0) is 18.8 Å². The molecule has 0 bridgehead atoms. The molecule has 3 N–H and O–H groups in total. The molecule has 1 aliphatic rings. The molecule has 2 rings (SSSR count). The molecule has 0 atom stereocenters. The van der Waals surface area contributed by atoms with E-state index >= 15 is 0 Å². The van der Waals surface area contributed by atoms with Gasteiger partial charge in [-0.3, -0.25) is 4.79 Å². The highest BCUT2D eigenvalue weighted by Gasteiger charge is 2.21. The third kappa shape index (κ3) is 3.55. The third-order valence-corrected chi connectivity index (χ3v) is 3.86. The maximum Gasteiger partial charge on any atom is 0.358 e. The molecule has 110 valence electrons. The smallest absolute Gasteiger partial charge is 0.358 e. The van der Waals surface area contributed by atoms with Crippen molar-refractivity contribution in [3.63, 3.8) is 0 Å². The normalized spacial score (nSPS) is 16.2. The first kappa shape index (κ1) is 14.5. The molecule has 0 aliphatic heterocycles. The number of aromatic carboxylic acids is 1. The molecular weight excluding hydrogens is 260 g/mol. The van der Waals surface area contributed by atoms with Gasteiger partial charge in [0.15, 0.2) is 5.69 Å². The van der Waals surface area contributed by atoms with E-state index in [2.05, 4.69) is 10.3 Å². The summed E-state index contributed by atoms with van der Waals surface area (Å²) in [7, 11) is 0. The largest absolute Gasteiger partial charge is 0.476 e. The van der Waals surface area contributed by atoms with Gasteiger partial charge in [0.05, 0.1) is 5.69 Å². The molecule has 1 aromatic rings. The first-order valence-corrected chi connectivity index (χ1v) is 7.02. The number of aromatic nitrogens is 3. The standard InChI is InChI=1S/C13H20N4O3/c14-11(18)8-17-10(12(13(19)20)15-16-17)7-6-9-4-2-1-3-5-9/h9H,1-8H2,(H2,14,18)(H,19,20). The van der Waals surface area contributed by atoms with E-state index in [9.17, 15) is 9.59 Å². The lowest BCUT2D eigenvalue weighted by Crippen LogP contribution is -2.22. The number of carbonyl (C=O) groups is 2. The summed E-state index contributed by atoms with van der Waals surface area (Å²) in [6, 6.07) is 0. The summed E-state index contributed by atoms with van der Waals surface area (Å²) in [6.45, 7) is -0.125. The summed E-state index contributed by atoms with van der Waals surface area (Å²) in [5, 5.41) is 16.5. The number of carboxylic acid groups (broad SMARTS) is 1. The van der Waals surface area contributed by atoms with E-state index in [1.807, 2.05) is 0 Å². The Hall–Kier alpha value is -1.92. The van der Waals surface area contributed by atoms with Crippen LogP contribution in [0.1, 0.15) is 54.7 Å². The van der Waals surface area contributed by atoms with Gasteiger partial charge in [0, 0.05) is 0 Å². The second-order valence-corrected chi connectivity index (χ2v) is 5.36. The van der Waals surface area contributed by atoms with Crippen molar-refractivity contribution >= 4 is 11.9 Å². The molecule has 0 spiro atoms. The van der Waals surface area contributed by atoms with Gasteiger partial charge in [0.2, 0.25) is 5.91 Å². The van der Waals surface area contributed by atoms with Crippen LogP contribution >= 0.6 is 0 Å². The fraction of sp³-hybridized carbons (Fsp3) is 0.692. The molecule has 1 amide bonds. The fourth-order valence-electron chi connectivity index (χ4n) is 2.84. The van der Waals surface area contributed by atoms with Crippen LogP contribution in [0.25, 0.3) is 0 Å². The van der Waals surface area contributed by atoms with E-state index in [1.165, 1.54) is 36.8 Å². The molecule has 1 saturated carbocycles. The van der Waals surface area contributed by atoms with Gasteiger partial charge in [-0.2, -0.15) is 0 Å². The highest BCUT2D eigenvalue weighted by atomic mass is 16.4. The molecule has 1 fully saturated rings. The fourth-order valence-corrected chi connectivity index (χ4v) is 2.84. The van der Waals surface area contributed by atoms with Gasteiger partial charge in [-0.1, -0.05) is 37.3 Å². The predicted molar refractivity (Wildman–Crippen MR) is 71.1 cm³/mol. The first-order valence-electron chi connectivity index (χ1n) is 7.02. The van der Waals surface area contributed by atoms with E-state index in [-0.39, 0.29) is 12.2 Å². The van der Waals surface area contributed by atoms with Gasteiger partial charge < -0.3 is 10.8 Å². The van der Waals surface area contributed by atoms with Crippen LogP contribution in [-0.2, 0) is 17.8 Å². The molecule has 0 unspecified atom stereocenters. The Bertz CT molecular complexity index is 492. The lowest BCUT2D eigenvalue weighted by Gasteiger charge is -2.21. The Balaban J connectivity index is 2.08. The number of nitrogens with two attached hydrogens (primary N) is 1. The average molecular weight is 280 g/mol. The number of carboxylic acids is 1. The lowest BCUT2D eigenvalue weighted by molar-refractivity contribution is -0.118. The van der Waals surface area contributed by atoms with Crippen LogP contribution in [0.4, 0.5) is 0 Å². The monoisotopic (exact) mass is 280 g/mol. The van der Waals surface area contributed by atoms with Crippen molar-refractivity contribution in [1.82, 2.24) is 15.0 Å². The first-order chi connectivity index (χ1) is 9.58. The molecule has 1 heterocycles. The van der Waals surface area contributed by atoms with Crippen LogP contribution in [-0.4, -0.2) is 32.0 Å². The Morgan fingerprint density at radius 1 is 1.30 bits per heavy atom. The summed E-state index contributed by atoms with van der Waals surface area (Å²) in [5.41, 5.74) is 5.58. The molecule has 1 aromatic heterocycles. The zero-order valence-electron chi connectivity index (χ0n) is 11.4. The molecule has 1 aliphatic carbocycles. The summed E-state index contributed by atoms with van der Waals surface area (Å²) in [5.74, 6) is -1.03. The average Bonchev–Trinajstić information content (AvgIpc) is 2.80. The van der Waals surface area contributed by atoms with Gasteiger partial charge in [0.1, 0.15) is 6.54 Å². The maximum absolute atomic E-state index is 11.1. The molecule has 7 nitrogen and oxygen atoms in total. The minimum Gasteiger partial charge on any atom is -0.476 e. The van der Waals surface area contributed by atoms with Crippen LogP contribution in [0.15, 0.2) is 0 Å². The topological polar surface area (TPSA) is 111 Å². The quantitative estimate of drug-likeness (QED) is 0.806. The van der Waals surface area contributed by atoms with Crippen molar-refractivity contribution in [2.75, 3.05) is 0 Å². The van der Waals surface area contributed by atoms with Crippen molar-refractivity contribution in [3.05, 3.63) is 11.4 Å². The van der Waals surface area contributed by atoms with E-state index in [0.29, 0.717) is 18.0 Å². The van der Waals surface area contributed by atoms with Crippen LogP contribution in [0.2, 0.25) is 0 Å². The van der Waals surface area contributed by atoms with Crippen molar-refractivity contribution in [2.45, 2.75) is 51.5 Å². The van der Waals surface area contributed by atoms with Gasteiger partial charge in [-0.15, -0.1) is 5.10 Å². The minimum atomic E-state index is -1.11. The highest BCUT2D eigenvalue weighted by Crippen LogP contribution is 2.27. The summed E-state index contributed by atoms with van der Waals surface area (Å²) >= 11 is 0. The van der Waals surface area contributed by atoms with E-state index < -0.39 is 11.9 Å². The van der Waals surface area contributed by atoms with Gasteiger partial charge >= 0.3 is 5.97 Å². The lowest BCUT2D eigenvalue weighted by atomic mass is 9.85. The number of nitrogens with zero attached hydrogens (tertiary/aromatic N) is 3. The van der Waals surface area contributed by atoms with Crippen LogP contribution in [0.5, 0.6) is 0 Å². The number of primary amides is 1. The Kier molecular flexibility index (Phi) is 4.70. The van der Waals surface area contributed by atoms with Crippen LogP contribution in [0, 0.1) is 5.92 Å². The summed E-state index contributed by atoms with van der Waals surface area (Å²) < 4.78 is 1.31. The number of hydrogen-bond donors (Lipinski definition) is 2. The zero-order valence-corrected chi connectivity index (χ0v) is 11.4. The molecule has 0 aromatic carbocycles. The van der Waals surface area contributed by atoms with E-state index in [0.717, 1.165) is 6.42 Å². The van der Waals surface area contributed by atoms with Crippen molar-refractivity contribution in [2.24, 2.45) is 11.7 Å².